The SMILES string of the molecule is Cc1[nH]c(CCN)nc1C1CCCC1. The molecule has 0 saturated heterocycles. The summed E-state index contributed by atoms with van der Waals surface area (Å²) in [6, 6.07) is 0. The van der Waals surface area contributed by atoms with Crippen LogP contribution in [0.3, 0.4) is 0 Å². The van der Waals surface area contributed by atoms with E-state index in [4.69, 9.17) is 5.73 Å². The molecule has 0 aliphatic heterocycles. The van der Waals surface area contributed by atoms with E-state index in [0.29, 0.717) is 12.5 Å². The van der Waals surface area contributed by atoms with E-state index in [9.17, 15) is 0 Å². The van der Waals surface area contributed by atoms with E-state index >= 15 is 0 Å². The molecule has 0 aromatic carbocycles. The molecule has 78 valence electrons. The number of nitrogens with zero attached hydrogens (tertiary/aromatic N) is 1. The fourth-order valence-electron chi connectivity index (χ4n) is 2.39. The summed E-state index contributed by atoms with van der Waals surface area (Å²) in [5.41, 5.74) is 8.06. The van der Waals surface area contributed by atoms with Gasteiger partial charge in [0.1, 0.15) is 5.82 Å². The number of nitrogens with two attached hydrogens (primary N) is 1. The molecule has 1 aromatic rings. The quantitative estimate of drug-likeness (QED) is 0.770. The molecule has 1 aliphatic carbocycles. The van der Waals surface area contributed by atoms with E-state index in [1.165, 1.54) is 37.1 Å². The Bertz CT molecular complexity index is 297. The molecule has 3 heteroatoms. The molecule has 0 radical (unpaired) electrons. The fourth-order valence-corrected chi connectivity index (χ4v) is 2.39. The number of hydrogen-bond donors (Lipinski definition) is 2. The summed E-state index contributed by atoms with van der Waals surface area (Å²) in [6.45, 7) is 2.80. The standard InChI is InChI=1S/C11H19N3/c1-8-11(9-4-2-3-5-9)14-10(13-8)6-7-12/h9H,2-7,12H2,1H3,(H,13,14). The van der Waals surface area contributed by atoms with Gasteiger partial charge < -0.3 is 10.7 Å². The van der Waals surface area contributed by atoms with E-state index in [1.807, 2.05) is 0 Å². The zero-order valence-electron chi connectivity index (χ0n) is 8.84. The number of hydrogen-bond acceptors (Lipinski definition) is 2. The van der Waals surface area contributed by atoms with Crippen LogP contribution < -0.4 is 5.73 Å². The molecule has 1 aromatic heterocycles. The van der Waals surface area contributed by atoms with Gasteiger partial charge in [-0.1, -0.05) is 12.8 Å². The van der Waals surface area contributed by atoms with E-state index in [1.54, 1.807) is 0 Å². The predicted molar refractivity (Wildman–Crippen MR) is 57.3 cm³/mol. The maximum absolute atomic E-state index is 5.51. The smallest absolute Gasteiger partial charge is 0.107 e. The molecule has 2 rings (SSSR count). The third kappa shape index (κ3) is 1.82. The second kappa shape index (κ2) is 4.13. The van der Waals surface area contributed by atoms with Gasteiger partial charge in [-0.25, -0.2) is 4.98 Å². The Balaban J connectivity index is 2.15. The minimum atomic E-state index is 0.678. The molecule has 0 amide bonds. The van der Waals surface area contributed by atoms with Crippen LogP contribution in [0.15, 0.2) is 0 Å². The minimum absolute atomic E-state index is 0.678. The summed E-state index contributed by atoms with van der Waals surface area (Å²) in [6.07, 6.45) is 6.22. The van der Waals surface area contributed by atoms with Crippen molar-refractivity contribution >= 4 is 0 Å². The number of imidazole rings is 1. The van der Waals surface area contributed by atoms with Crippen molar-refractivity contribution < 1.29 is 0 Å². The first-order chi connectivity index (χ1) is 6.81. The summed E-state index contributed by atoms with van der Waals surface area (Å²) >= 11 is 0. The Labute approximate surface area is 85.1 Å². The van der Waals surface area contributed by atoms with Crippen LogP contribution in [0.5, 0.6) is 0 Å². The molecule has 1 saturated carbocycles. The predicted octanol–water partition coefficient (Wildman–Crippen LogP) is 1.88. The number of aromatic nitrogens is 2. The lowest BCUT2D eigenvalue weighted by Gasteiger charge is -2.05. The summed E-state index contributed by atoms with van der Waals surface area (Å²) in [5, 5.41) is 0. The maximum atomic E-state index is 5.51. The van der Waals surface area contributed by atoms with Gasteiger partial charge in [-0.3, -0.25) is 0 Å². The number of nitrogens with one attached hydrogen (secondary N) is 1. The number of H-pyrrole nitrogens is 1. The molecule has 1 heterocycles. The summed E-state index contributed by atoms with van der Waals surface area (Å²) in [4.78, 5) is 7.98. The zero-order valence-corrected chi connectivity index (χ0v) is 8.84. The molecular formula is C11H19N3. The van der Waals surface area contributed by atoms with Crippen LogP contribution in [-0.4, -0.2) is 16.5 Å². The maximum Gasteiger partial charge on any atom is 0.107 e. The average molecular weight is 193 g/mol. The van der Waals surface area contributed by atoms with Crippen molar-refractivity contribution in [2.24, 2.45) is 5.73 Å². The molecule has 0 atom stereocenters. The molecular weight excluding hydrogens is 174 g/mol. The van der Waals surface area contributed by atoms with Gasteiger partial charge in [0.05, 0.1) is 5.69 Å². The van der Waals surface area contributed by atoms with E-state index in [2.05, 4.69) is 16.9 Å². The van der Waals surface area contributed by atoms with Crippen molar-refractivity contribution in [3.8, 4) is 0 Å². The largest absolute Gasteiger partial charge is 0.346 e. The van der Waals surface area contributed by atoms with Crippen LogP contribution in [-0.2, 0) is 6.42 Å². The zero-order chi connectivity index (χ0) is 9.97. The molecule has 3 N–H and O–H groups in total. The Kier molecular flexibility index (Phi) is 2.87. The van der Waals surface area contributed by atoms with Crippen LogP contribution in [0.4, 0.5) is 0 Å². The van der Waals surface area contributed by atoms with Crippen LogP contribution in [0.2, 0.25) is 0 Å². The van der Waals surface area contributed by atoms with Gasteiger partial charge in [0.2, 0.25) is 0 Å². The topological polar surface area (TPSA) is 54.7 Å². The number of rotatable bonds is 3. The molecule has 3 nitrogen and oxygen atoms in total. The highest BCUT2D eigenvalue weighted by atomic mass is 14.9. The van der Waals surface area contributed by atoms with Gasteiger partial charge in [-0.15, -0.1) is 0 Å². The number of aromatic amines is 1. The van der Waals surface area contributed by atoms with Gasteiger partial charge in [-0.2, -0.15) is 0 Å². The second-order valence-corrected chi connectivity index (χ2v) is 4.21. The van der Waals surface area contributed by atoms with Gasteiger partial charge in [0, 0.05) is 18.0 Å². The molecule has 0 unspecified atom stereocenters. The lowest BCUT2D eigenvalue weighted by molar-refractivity contribution is 0.693. The number of aryl methyl sites for hydroxylation is 1. The normalized spacial score (nSPS) is 17.9. The monoisotopic (exact) mass is 193 g/mol. The van der Waals surface area contributed by atoms with Gasteiger partial charge in [-0.05, 0) is 26.3 Å². The second-order valence-electron chi connectivity index (χ2n) is 4.21. The van der Waals surface area contributed by atoms with E-state index < -0.39 is 0 Å². The van der Waals surface area contributed by atoms with E-state index in [0.717, 1.165) is 12.2 Å². The van der Waals surface area contributed by atoms with Crippen molar-refractivity contribution in [2.75, 3.05) is 6.54 Å². The highest BCUT2D eigenvalue weighted by Crippen LogP contribution is 2.34. The Hall–Kier alpha value is -0.830. The summed E-state index contributed by atoms with van der Waals surface area (Å²) in [7, 11) is 0. The molecule has 0 spiro atoms. The Morgan fingerprint density at radius 3 is 2.79 bits per heavy atom. The summed E-state index contributed by atoms with van der Waals surface area (Å²) < 4.78 is 0. The van der Waals surface area contributed by atoms with Crippen molar-refractivity contribution in [2.45, 2.75) is 44.9 Å². The summed E-state index contributed by atoms with van der Waals surface area (Å²) in [5.74, 6) is 1.77. The average Bonchev–Trinajstić information content (AvgIpc) is 2.74. The van der Waals surface area contributed by atoms with E-state index in [-0.39, 0.29) is 0 Å². The van der Waals surface area contributed by atoms with Crippen LogP contribution in [0.25, 0.3) is 0 Å². The molecule has 1 fully saturated rings. The minimum Gasteiger partial charge on any atom is -0.346 e. The third-order valence-corrected chi connectivity index (χ3v) is 3.09. The van der Waals surface area contributed by atoms with Crippen LogP contribution in [0, 0.1) is 6.92 Å². The van der Waals surface area contributed by atoms with Crippen molar-refractivity contribution in [3.05, 3.63) is 17.2 Å². The van der Waals surface area contributed by atoms with Gasteiger partial charge in [0.15, 0.2) is 0 Å². The molecule has 1 aliphatic rings. The van der Waals surface area contributed by atoms with Crippen molar-refractivity contribution in [3.63, 3.8) is 0 Å². The lowest BCUT2D eigenvalue weighted by Crippen LogP contribution is -2.04. The lowest BCUT2D eigenvalue weighted by atomic mass is 10.0. The fraction of sp³-hybridized carbons (Fsp3) is 0.727. The third-order valence-electron chi connectivity index (χ3n) is 3.09. The van der Waals surface area contributed by atoms with Gasteiger partial charge >= 0.3 is 0 Å². The Morgan fingerprint density at radius 2 is 2.14 bits per heavy atom. The first-order valence-corrected chi connectivity index (χ1v) is 5.56. The van der Waals surface area contributed by atoms with Gasteiger partial charge in [0.25, 0.3) is 0 Å². The van der Waals surface area contributed by atoms with Crippen molar-refractivity contribution in [1.29, 1.82) is 0 Å². The molecule has 0 bridgehead atoms. The first-order valence-electron chi connectivity index (χ1n) is 5.56. The van der Waals surface area contributed by atoms with Crippen LogP contribution in [0.1, 0.15) is 48.8 Å². The highest BCUT2D eigenvalue weighted by molar-refractivity contribution is 5.18. The first kappa shape index (κ1) is 9.71. The molecule has 14 heavy (non-hydrogen) atoms. The van der Waals surface area contributed by atoms with Crippen molar-refractivity contribution in [1.82, 2.24) is 9.97 Å². The highest BCUT2D eigenvalue weighted by Gasteiger charge is 2.21. The van der Waals surface area contributed by atoms with Crippen LogP contribution >= 0.6 is 0 Å². The Morgan fingerprint density at radius 1 is 1.43 bits per heavy atom.